The molecule has 0 heterocycles. The van der Waals surface area contributed by atoms with Gasteiger partial charge in [-0.2, -0.15) is 0 Å². The molecule has 0 bridgehead atoms. The Bertz CT molecular complexity index is 364. The van der Waals surface area contributed by atoms with Crippen LogP contribution in [-0.2, 0) is 0 Å². The first-order valence-electron chi connectivity index (χ1n) is 4.77. The summed E-state index contributed by atoms with van der Waals surface area (Å²) in [5.74, 6) is 1.62. The van der Waals surface area contributed by atoms with Gasteiger partial charge >= 0.3 is 0 Å². The number of phenols is 1. The van der Waals surface area contributed by atoms with Crippen LogP contribution in [0, 0.1) is 6.92 Å². The van der Waals surface area contributed by atoms with E-state index in [0.29, 0.717) is 12.4 Å². The van der Waals surface area contributed by atoms with Gasteiger partial charge in [0, 0.05) is 11.6 Å². The lowest BCUT2D eigenvalue weighted by molar-refractivity contribution is 0.475. The summed E-state index contributed by atoms with van der Waals surface area (Å²) in [4.78, 5) is 4.21. The van der Waals surface area contributed by atoms with E-state index in [2.05, 4.69) is 10.3 Å². The molecule has 2 N–H and O–H groups in total. The van der Waals surface area contributed by atoms with Crippen molar-refractivity contribution in [1.29, 1.82) is 0 Å². The molecule has 1 aromatic rings. The van der Waals surface area contributed by atoms with E-state index in [1.807, 2.05) is 19.9 Å². The van der Waals surface area contributed by atoms with Crippen LogP contribution in [0.1, 0.15) is 12.5 Å². The standard InChI is InChI=1S/C11H15ClN2O/c1-8-7-10(15)3-4-11(8)14-9(2)13-6-5-12/h3-4,7,15H,5-6H2,1-2H3,(H,13,14). The maximum Gasteiger partial charge on any atom is 0.115 e. The number of aromatic hydroxyl groups is 1. The minimum Gasteiger partial charge on any atom is -0.508 e. The number of phenolic OH excluding ortho intramolecular Hbond substituents is 1. The third kappa shape index (κ3) is 3.80. The SMILES string of the molecule is CC(=NCCCl)Nc1ccc(O)cc1C. The highest BCUT2D eigenvalue weighted by atomic mass is 35.5. The molecule has 0 saturated heterocycles. The first kappa shape index (κ1) is 11.9. The van der Waals surface area contributed by atoms with Crippen LogP contribution in [0.3, 0.4) is 0 Å². The van der Waals surface area contributed by atoms with Gasteiger partial charge in [0.05, 0.1) is 12.4 Å². The Morgan fingerprint density at radius 3 is 2.87 bits per heavy atom. The fourth-order valence-electron chi connectivity index (χ4n) is 1.23. The number of alkyl halides is 1. The van der Waals surface area contributed by atoms with Gasteiger partial charge in [0.15, 0.2) is 0 Å². The smallest absolute Gasteiger partial charge is 0.115 e. The average Bonchev–Trinajstić information content (AvgIpc) is 2.19. The molecular formula is C11H15ClN2O. The van der Waals surface area contributed by atoms with Crippen LogP contribution in [-0.4, -0.2) is 23.4 Å². The molecule has 0 unspecified atom stereocenters. The van der Waals surface area contributed by atoms with Crippen LogP contribution in [0.15, 0.2) is 23.2 Å². The topological polar surface area (TPSA) is 44.6 Å². The van der Waals surface area contributed by atoms with Crippen LogP contribution in [0.25, 0.3) is 0 Å². The molecule has 0 saturated carbocycles. The molecule has 0 spiro atoms. The summed E-state index contributed by atoms with van der Waals surface area (Å²) in [5.41, 5.74) is 1.93. The summed E-state index contributed by atoms with van der Waals surface area (Å²) >= 11 is 5.53. The number of amidine groups is 1. The molecule has 0 aliphatic carbocycles. The Labute approximate surface area is 94.8 Å². The van der Waals surface area contributed by atoms with Gasteiger partial charge < -0.3 is 10.4 Å². The predicted molar refractivity (Wildman–Crippen MR) is 65.2 cm³/mol. The molecule has 0 aliphatic heterocycles. The number of hydrogen-bond acceptors (Lipinski definition) is 2. The van der Waals surface area contributed by atoms with E-state index in [4.69, 9.17) is 11.6 Å². The first-order chi connectivity index (χ1) is 7.13. The van der Waals surface area contributed by atoms with E-state index in [9.17, 15) is 5.11 Å². The van der Waals surface area contributed by atoms with Gasteiger partial charge in [-0.15, -0.1) is 11.6 Å². The third-order valence-corrected chi connectivity index (χ3v) is 2.13. The largest absolute Gasteiger partial charge is 0.508 e. The molecule has 15 heavy (non-hydrogen) atoms. The van der Waals surface area contributed by atoms with Gasteiger partial charge in [-0.05, 0) is 37.6 Å². The van der Waals surface area contributed by atoms with Gasteiger partial charge in [0.25, 0.3) is 0 Å². The van der Waals surface area contributed by atoms with Crippen molar-refractivity contribution >= 4 is 23.1 Å². The van der Waals surface area contributed by atoms with Crippen LogP contribution in [0.2, 0.25) is 0 Å². The fourth-order valence-corrected chi connectivity index (χ4v) is 1.32. The molecule has 0 aliphatic rings. The number of nitrogens with one attached hydrogen (secondary N) is 1. The quantitative estimate of drug-likeness (QED) is 0.360. The minimum absolute atomic E-state index is 0.272. The zero-order valence-corrected chi connectivity index (χ0v) is 9.67. The van der Waals surface area contributed by atoms with Crippen molar-refractivity contribution in [3.05, 3.63) is 23.8 Å². The second-order valence-electron chi connectivity index (χ2n) is 3.28. The lowest BCUT2D eigenvalue weighted by Gasteiger charge is -2.09. The van der Waals surface area contributed by atoms with Crippen molar-refractivity contribution in [3.63, 3.8) is 0 Å². The zero-order chi connectivity index (χ0) is 11.3. The van der Waals surface area contributed by atoms with Crippen molar-refractivity contribution in [2.75, 3.05) is 17.7 Å². The number of aryl methyl sites for hydroxylation is 1. The first-order valence-corrected chi connectivity index (χ1v) is 5.30. The van der Waals surface area contributed by atoms with Gasteiger partial charge in [-0.1, -0.05) is 0 Å². The van der Waals surface area contributed by atoms with E-state index in [1.165, 1.54) is 0 Å². The Hall–Kier alpha value is -1.22. The summed E-state index contributed by atoms with van der Waals surface area (Å²) in [7, 11) is 0. The summed E-state index contributed by atoms with van der Waals surface area (Å²) in [5, 5.41) is 12.4. The Balaban J connectivity index is 2.72. The number of anilines is 1. The maximum atomic E-state index is 9.24. The van der Waals surface area contributed by atoms with E-state index in [1.54, 1.807) is 12.1 Å². The van der Waals surface area contributed by atoms with E-state index < -0.39 is 0 Å². The van der Waals surface area contributed by atoms with Gasteiger partial charge in [0.2, 0.25) is 0 Å². The molecule has 0 atom stereocenters. The Morgan fingerprint density at radius 1 is 1.53 bits per heavy atom. The van der Waals surface area contributed by atoms with Gasteiger partial charge in [0.1, 0.15) is 5.75 Å². The van der Waals surface area contributed by atoms with Crippen molar-refractivity contribution in [2.24, 2.45) is 4.99 Å². The maximum absolute atomic E-state index is 9.24. The molecular weight excluding hydrogens is 212 g/mol. The lowest BCUT2D eigenvalue weighted by atomic mass is 10.2. The summed E-state index contributed by atoms with van der Waals surface area (Å²) in [6.45, 7) is 4.42. The monoisotopic (exact) mass is 226 g/mol. The highest BCUT2D eigenvalue weighted by molar-refractivity contribution is 6.18. The molecule has 3 nitrogen and oxygen atoms in total. The highest BCUT2D eigenvalue weighted by Crippen LogP contribution is 2.19. The van der Waals surface area contributed by atoms with Crippen molar-refractivity contribution in [3.8, 4) is 5.75 Å². The summed E-state index contributed by atoms with van der Waals surface area (Å²) in [6, 6.07) is 5.17. The lowest BCUT2D eigenvalue weighted by Crippen LogP contribution is -2.09. The summed E-state index contributed by atoms with van der Waals surface area (Å²) < 4.78 is 0. The molecule has 0 aromatic heterocycles. The number of benzene rings is 1. The van der Waals surface area contributed by atoms with E-state index in [-0.39, 0.29) is 5.75 Å². The highest BCUT2D eigenvalue weighted by Gasteiger charge is 1.99. The van der Waals surface area contributed by atoms with Crippen molar-refractivity contribution < 1.29 is 5.11 Å². The molecule has 0 fully saturated rings. The zero-order valence-electron chi connectivity index (χ0n) is 8.92. The van der Waals surface area contributed by atoms with Gasteiger partial charge in [-0.3, -0.25) is 4.99 Å². The third-order valence-electron chi connectivity index (χ3n) is 1.96. The molecule has 1 rings (SSSR count). The number of aliphatic imine (C=N–C) groups is 1. The van der Waals surface area contributed by atoms with Crippen LogP contribution in [0.5, 0.6) is 5.75 Å². The molecule has 82 valence electrons. The normalized spacial score (nSPS) is 11.5. The van der Waals surface area contributed by atoms with Crippen LogP contribution >= 0.6 is 11.6 Å². The fraction of sp³-hybridized carbons (Fsp3) is 0.364. The van der Waals surface area contributed by atoms with E-state index in [0.717, 1.165) is 17.1 Å². The van der Waals surface area contributed by atoms with Crippen molar-refractivity contribution in [1.82, 2.24) is 0 Å². The molecule has 0 amide bonds. The second-order valence-corrected chi connectivity index (χ2v) is 3.66. The molecule has 0 radical (unpaired) electrons. The van der Waals surface area contributed by atoms with E-state index >= 15 is 0 Å². The minimum atomic E-state index is 0.272. The Morgan fingerprint density at radius 2 is 2.27 bits per heavy atom. The second kappa shape index (κ2) is 5.61. The molecule has 4 heteroatoms. The summed E-state index contributed by atoms with van der Waals surface area (Å²) in [6.07, 6.45) is 0. The van der Waals surface area contributed by atoms with Crippen molar-refractivity contribution in [2.45, 2.75) is 13.8 Å². The number of rotatable bonds is 3. The Kier molecular flexibility index (Phi) is 4.43. The van der Waals surface area contributed by atoms with Crippen LogP contribution in [0.4, 0.5) is 5.69 Å². The van der Waals surface area contributed by atoms with Crippen LogP contribution < -0.4 is 5.32 Å². The number of nitrogens with zero attached hydrogens (tertiary/aromatic N) is 1. The van der Waals surface area contributed by atoms with Gasteiger partial charge in [-0.25, -0.2) is 0 Å². The molecule has 1 aromatic carbocycles. The number of halogens is 1. The number of hydrogen-bond donors (Lipinski definition) is 2. The predicted octanol–water partition coefficient (Wildman–Crippen LogP) is 2.77. The average molecular weight is 227 g/mol.